The monoisotopic (exact) mass is 264 g/mol. The predicted molar refractivity (Wildman–Crippen MR) is 65.5 cm³/mol. The first-order valence-electron chi connectivity index (χ1n) is 5.41. The number of hydrogen-bond donors (Lipinski definition) is 3. The summed E-state index contributed by atoms with van der Waals surface area (Å²) in [4.78, 5) is 36.2. The fourth-order valence-electron chi connectivity index (χ4n) is 1.56. The van der Waals surface area contributed by atoms with E-state index in [1.807, 2.05) is 5.43 Å². The molecule has 19 heavy (non-hydrogen) atoms. The summed E-state index contributed by atoms with van der Waals surface area (Å²) in [6.45, 7) is 1.69. The number of H-pyrrole nitrogens is 1. The first-order chi connectivity index (χ1) is 9.01. The molecule has 2 aromatic heterocycles. The van der Waals surface area contributed by atoms with E-state index in [9.17, 15) is 14.4 Å². The number of furan rings is 1. The zero-order valence-electron chi connectivity index (χ0n) is 10.1. The summed E-state index contributed by atoms with van der Waals surface area (Å²) in [5.74, 6) is 4.86. The highest BCUT2D eigenvalue weighted by Gasteiger charge is 2.10. The van der Waals surface area contributed by atoms with Gasteiger partial charge >= 0.3 is 11.6 Å². The van der Waals surface area contributed by atoms with Crippen LogP contribution < -0.4 is 22.5 Å². The fraction of sp³-hybridized carbons (Fsp3) is 0.182. The van der Waals surface area contributed by atoms with Crippen LogP contribution >= 0.6 is 0 Å². The zero-order chi connectivity index (χ0) is 14.0. The summed E-state index contributed by atoms with van der Waals surface area (Å²) < 4.78 is 6.50. The highest BCUT2D eigenvalue weighted by atomic mass is 16.4. The van der Waals surface area contributed by atoms with Crippen molar-refractivity contribution in [3.05, 3.63) is 56.3 Å². The van der Waals surface area contributed by atoms with Crippen molar-refractivity contribution < 1.29 is 9.21 Å². The Morgan fingerprint density at radius 2 is 2.21 bits per heavy atom. The molecule has 0 aliphatic rings. The number of aromatic amines is 1. The molecule has 8 heteroatoms. The topological polar surface area (TPSA) is 123 Å². The fourth-order valence-corrected chi connectivity index (χ4v) is 1.56. The molecule has 0 aromatic carbocycles. The molecule has 0 atom stereocenters. The summed E-state index contributed by atoms with van der Waals surface area (Å²) in [7, 11) is 0. The largest absolute Gasteiger partial charge is 0.454 e. The maximum Gasteiger partial charge on any atom is 0.328 e. The first-order valence-corrected chi connectivity index (χ1v) is 5.41. The number of aryl methyl sites for hydroxylation is 1. The van der Waals surface area contributed by atoms with Gasteiger partial charge in [-0.25, -0.2) is 10.6 Å². The number of nitrogens with one attached hydrogen (secondary N) is 2. The van der Waals surface area contributed by atoms with Crippen LogP contribution in [0.15, 0.2) is 32.3 Å². The van der Waals surface area contributed by atoms with E-state index in [-0.39, 0.29) is 12.3 Å². The molecule has 0 unspecified atom stereocenters. The van der Waals surface area contributed by atoms with Gasteiger partial charge in [-0.2, -0.15) is 0 Å². The van der Waals surface area contributed by atoms with Crippen LogP contribution in [0.5, 0.6) is 0 Å². The molecule has 0 aliphatic heterocycles. The van der Waals surface area contributed by atoms with Crippen molar-refractivity contribution in [1.29, 1.82) is 0 Å². The first kappa shape index (κ1) is 12.8. The van der Waals surface area contributed by atoms with Crippen molar-refractivity contribution in [3.63, 3.8) is 0 Å². The molecule has 2 heterocycles. The average Bonchev–Trinajstić information content (AvgIpc) is 2.83. The minimum absolute atomic E-state index is 0.0479. The van der Waals surface area contributed by atoms with Gasteiger partial charge in [0.25, 0.3) is 5.56 Å². The van der Waals surface area contributed by atoms with Gasteiger partial charge in [0.2, 0.25) is 0 Å². The van der Waals surface area contributed by atoms with Gasteiger partial charge in [-0.15, -0.1) is 0 Å². The lowest BCUT2D eigenvalue weighted by atomic mass is 10.3. The number of amides is 1. The van der Waals surface area contributed by atoms with Crippen molar-refractivity contribution in [2.24, 2.45) is 5.84 Å². The number of hydrazine groups is 1. The smallest absolute Gasteiger partial charge is 0.328 e. The number of carbonyl (C=O) groups excluding carboxylic acids is 1. The van der Waals surface area contributed by atoms with Gasteiger partial charge < -0.3 is 4.42 Å². The highest BCUT2D eigenvalue weighted by Crippen LogP contribution is 2.08. The van der Waals surface area contributed by atoms with Crippen LogP contribution in [0.1, 0.15) is 21.9 Å². The van der Waals surface area contributed by atoms with Crippen molar-refractivity contribution in [3.8, 4) is 0 Å². The van der Waals surface area contributed by atoms with Gasteiger partial charge in [0.1, 0.15) is 5.76 Å². The maximum atomic E-state index is 11.6. The summed E-state index contributed by atoms with van der Waals surface area (Å²) in [6.07, 6.45) is 1.42. The average molecular weight is 264 g/mol. The van der Waals surface area contributed by atoms with E-state index >= 15 is 0 Å². The lowest BCUT2D eigenvalue weighted by Crippen LogP contribution is -2.31. The number of rotatable bonds is 3. The summed E-state index contributed by atoms with van der Waals surface area (Å²) in [5.41, 5.74) is 1.37. The maximum absolute atomic E-state index is 11.6. The second kappa shape index (κ2) is 4.94. The van der Waals surface area contributed by atoms with E-state index in [1.165, 1.54) is 16.8 Å². The molecule has 0 aliphatic carbocycles. The van der Waals surface area contributed by atoms with E-state index in [0.717, 1.165) is 0 Å². The zero-order valence-corrected chi connectivity index (χ0v) is 10.1. The molecule has 8 nitrogen and oxygen atoms in total. The van der Waals surface area contributed by atoms with Crippen molar-refractivity contribution >= 4 is 5.91 Å². The standard InChI is InChI=1S/C11H12N4O4/c1-6-4-15(11(18)13-9(6)16)5-7-2-3-8(19-7)10(17)14-12/h2-4H,5,12H2,1H3,(H,14,17)(H,13,16,18). The van der Waals surface area contributed by atoms with Gasteiger partial charge in [-0.05, 0) is 19.1 Å². The third kappa shape index (κ3) is 2.63. The van der Waals surface area contributed by atoms with Crippen LogP contribution in [0.3, 0.4) is 0 Å². The molecule has 0 radical (unpaired) electrons. The quantitative estimate of drug-likeness (QED) is 0.376. The SMILES string of the molecule is Cc1cn(Cc2ccc(C(=O)NN)o2)c(=O)[nH]c1=O. The molecule has 1 amide bonds. The van der Waals surface area contributed by atoms with Gasteiger partial charge in [-0.3, -0.25) is 24.6 Å². The van der Waals surface area contributed by atoms with Crippen molar-refractivity contribution in [2.75, 3.05) is 0 Å². The lowest BCUT2D eigenvalue weighted by Gasteiger charge is -2.03. The Labute approximate surface area is 106 Å². The second-order valence-electron chi connectivity index (χ2n) is 3.94. The third-order valence-corrected chi connectivity index (χ3v) is 2.53. The molecule has 0 spiro atoms. The molecular formula is C11H12N4O4. The number of carbonyl (C=O) groups is 1. The van der Waals surface area contributed by atoms with E-state index in [4.69, 9.17) is 10.3 Å². The molecule has 0 bridgehead atoms. The molecule has 0 saturated carbocycles. The molecule has 0 fully saturated rings. The minimum Gasteiger partial charge on any atom is -0.454 e. The van der Waals surface area contributed by atoms with Crippen LogP contribution in [0.4, 0.5) is 0 Å². The number of nitrogens with two attached hydrogens (primary N) is 1. The molecule has 4 N–H and O–H groups in total. The molecular weight excluding hydrogens is 252 g/mol. The molecule has 2 aromatic rings. The third-order valence-electron chi connectivity index (χ3n) is 2.53. The van der Waals surface area contributed by atoms with Crippen LogP contribution in [0.25, 0.3) is 0 Å². The van der Waals surface area contributed by atoms with Crippen LogP contribution in [-0.4, -0.2) is 15.5 Å². The summed E-state index contributed by atoms with van der Waals surface area (Å²) in [6, 6.07) is 3.00. The van der Waals surface area contributed by atoms with Crippen molar-refractivity contribution in [2.45, 2.75) is 13.5 Å². The van der Waals surface area contributed by atoms with Gasteiger partial charge in [0.15, 0.2) is 5.76 Å². The van der Waals surface area contributed by atoms with E-state index < -0.39 is 17.2 Å². The Kier molecular flexibility index (Phi) is 3.34. The van der Waals surface area contributed by atoms with Crippen LogP contribution in [0.2, 0.25) is 0 Å². The number of hydrogen-bond acceptors (Lipinski definition) is 5. The van der Waals surface area contributed by atoms with E-state index in [1.54, 1.807) is 13.0 Å². The van der Waals surface area contributed by atoms with Gasteiger partial charge in [0.05, 0.1) is 6.54 Å². The lowest BCUT2D eigenvalue weighted by molar-refractivity contribution is 0.0924. The van der Waals surface area contributed by atoms with Gasteiger partial charge in [0, 0.05) is 11.8 Å². The highest BCUT2D eigenvalue weighted by molar-refractivity contribution is 5.90. The Morgan fingerprint density at radius 1 is 1.47 bits per heavy atom. The summed E-state index contributed by atoms with van der Waals surface area (Å²) in [5, 5.41) is 0. The van der Waals surface area contributed by atoms with E-state index in [2.05, 4.69) is 4.98 Å². The van der Waals surface area contributed by atoms with Crippen molar-refractivity contribution in [1.82, 2.24) is 15.0 Å². The number of nitrogens with zero attached hydrogens (tertiary/aromatic N) is 1. The van der Waals surface area contributed by atoms with Crippen LogP contribution in [0, 0.1) is 6.92 Å². The van der Waals surface area contributed by atoms with E-state index in [0.29, 0.717) is 11.3 Å². The Bertz CT molecular complexity index is 725. The molecule has 0 saturated heterocycles. The normalized spacial score (nSPS) is 10.4. The minimum atomic E-state index is -0.559. The molecule has 100 valence electrons. The van der Waals surface area contributed by atoms with Gasteiger partial charge in [-0.1, -0.05) is 0 Å². The predicted octanol–water partition coefficient (Wildman–Crippen LogP) is -0.910. The van der Waals surface area contributed by atoms with Crippen LogP contribution in [-0.2, 0) is 6.54 Å². The number of aromatic nitrogens is 2. The summed E-state index contributed by atoms with van der Waals surface area (Å²) >= 11 is 0. The Morgan fingerprint density at radius 3 is 2.89 bits per heavy atom. The molecule has 2 rings (SSSR count). The number of nitrogen functional groups attached to an aromatic ring is 1. The second-order valence-corrected chi connectivity index (χ2v) is 3.94. The Hall–Kier alpha value is -2.61. The Balaban J connectivity index is 2.29.